The van der Waals surface area contributed by atoms with Crippen LogP contribution in [-0.4, -0.2) is 25.0 Å². The first-order valence-electron chi connectivity index (χ1n) is 6.97. The Bertz CT molecular complexity index is 504. The van der Waals surface area contributed by atoms with Gasteiger partial charge in [0.1, 0.15) is 11.9 Å². The lowest BCUT2D eigenvalue weighted by atomic mass is 10.0. The molecule has 0 saturated carbocycles. The number of halogens is 1. The van der Waals surface area contributed by atoms with Crippen LogP contribution in [0.3, 0.4) is 0 Å². The van der Waals surface area contributed by atoms with Crippen LogP contribution in [-0.2, 0) is 14.3 Å². The molecule has 0 fully saturated rings. The Morgan fingerprint density at radius 3 is 2.62 bits per heavy atom. The van der Waals surface area contributed by atoms with Crippen molar-refractivity contribution in [2.45, 2.75) is 39.7 Å². The molecule has 1 rings (SSSR count). The van der Waals surface area contributed by atoms with Gasteiger partial charge < -0.3 is 10.1 Å². The molecule has 0 aromatic carbocycles. The maximum absolute atomic E-state index is 13.4. The second-order valence-electron chi connectivity index (χ2n) is 5.48. The number of hydrogen-bond donors (Lipinski definition) is 1. The molecular weight excluding hydrogens is 273 g/mol. The molecule has 0 radical (unpaired) electrons. The highest BCUT2D eigenvalue weighted by molar-refractivity contribution is 5.96. The van der Waals surface area contributed by atoms with Gasteiger partial charge in [0.15, 0.2) is 0 Å². The van der Waals surface area contributed by atoms with Gasteiger partial charge >= 0.3 is 5.97 Å². The molecule has 0 aliphatic heterocycles. The second-order valence-corrected chi connectivity index (χ2v) is 5.48. The summed E-state index contributed by atoms with van der Waals surface area (Å²) in [5.41, 5.74) is 0.917. The summed E-state index contributed by atoms with van der Waals surface area (Å²) in [6.07, 6.45) is 5.19. The van der Waals surface area contributed by atoms with Gasteiger partial charge in [0, 0.05) is 5.57 Å². The molecule has 0 heterocycles. The molecule has 4 nitrogen and oxygen atoms in total. The summed E-state index contributed by atoms with van der Waals surface area (Å²) in [5.74, 6) is -0.970. The Morgan fingerprint density at radius 2 is 2.05 bits per heavy atom. The van der Waals surface area contributed by atoms with Gasteiger partial charge in [0.25, 0.3) is 0 Å². The molecule has 1 amide bonds. The van der Waals surface area contributed by atoms with Crippen molar-refractivity contribution in [2.75, 3.05) is 7.11 Å². The average Bonchev–Trinajstić information content (AvgIpc) is 2.59. The molecule has 116 valence electrons. The number of methoxy groups -OCH3 is 1. The van der Waals surface area contributed by atoms with Crippen LogP contribution in [0.5, 0.6) is 0 Å². The van der Waals surface area contributed by atoms with Crippen LogP contribution in [0.2, 0.25) is 0 Å². The fourth-order valence-electron chi connectivity index (χ4n) is 1.98. The summed E-state index contributed by atoms with van der Waals surface area (Å²) in [7, 11) is 1.29. The molecule has 0 aromatic heterocycles. The molecule has 0 spiro atoms. The third-order valence-corrected chi connectivity index (χ3v) is 3.23. The van der Waals surface area contributed by atoms with Crippen LogP contribution in [0.4, 0.5) is 4.39 Å². The van der Waals surface area contributed by atoms with Crippen LogP contribution in [0.15, 0.2) is 35.2 Å². The summed E-state index contributed by atoms with van der Waals surface area (Å²) >= 11 is 0. The molecule has 1 unspecified atom stereocenters. The minimum absolute atomic E-state index is 0.233. The van der Waals surface area contributed by atoms with Crippen molar-refractivity contribution in [3.8, 4) is 0 Å². The van der Waals surface area contributed by atoms with Crippen molar-refractivity contribution in [3.63, 3.8) is 0 Å². The maximum atomic E-state index is 13.4. The van der Waals surface area contributed by atoms with Gasteiger partial charge in [0.2, 0.25) is 5.91 Å². The fraction of sp³-hybridized carbons (Fsp3) is 0.500. The Balaban J connectivity index is 2.81. The molecular formula is C16H22FNO3. The predicted molar refractivity (Wildman–Crippen MR) is 79.0 cm³/mol. The van der Waals surface area contributed by atoms with Gasteiger partial charge in [-0.25, -0.2) is 9.18 Å². The maximum Gasteiger partial charge on any atom is 0.328 e. The third kappa shape index (κ3) is 5.17. The average molecular weight is 295 g/mol. The standard InChI is InChI=1S/C16H22FNO3/c1-10(2)9-14(16(20)21-4)18-15(19)12-6-5-11(3)13(17)8-7-12/h5,7-8,10,14H,6,9H2,1-4H3,(H,18,19). The molecule has 0 saturated heterocycles. The summed E-state index contributed by atoms with van der Waals surface area (Å²) in [6.45, 7) is 5.56. The Labute approximate surface area is 124 Å². The van der Waals surface area contributed by atoms with E-state index in [2.05, 4.69) is 5.32 Å². The topological polar surface area (TPSA) is 55.4 Å². The molecule has 1 atom stereocenters. The number of rotatable bonds is 5. The van der Waals surface area contributed by atoms with Crippen LogP contribution in [0, 0.1) is 5.92 Å². The number of hydrogen-bond acceptors (Lipinski definition) is 3. The van der Waals surface area contributed by atoms with Crippen molar-refractivity contribution in [1.29, 1.82) is 0 Å². The highest BCUT2D eigenvalue weighted by Gasteiger charge is 2.24. The lowest BCUT2D eigenvalue weighted by Crippen LogP contribution is -2.42. The second kappa shape index (κ2) is 7.76. The van der Waals surface area contributed by atoms with Gasteiger partial charge in [-0.2, -0.15) is 0 Å². The third-order valence-electron chi connectivity index (χ3n) is 3.23. The van der Waals surface area contributed by atoms with E-state index in [4.69, 9.17) is 4.74 Å². The van der Waals surface area contributed by atoms with Gasteiger partial charge in [-0.1, -0.05) is 26.0 Å². The van der Waals surface area contributed by atoms with Gasteiger partial charge in [0.05, 0.1) is 7.11 Å². The Kier molecular flexibility index (Phi) is 6.34. The molecule has 0 bridgehead atoms. The highest BCUT2D eigenvalue weighted by atomic mass is 19.1. The molecule has 5 heteroatoms. The zero-order valence-electron chi connectivity index (χ0n) is 12.9. The summed E-state index contributed by atoms with van der Waals surface area (Å²) in [5, 5.41) is 2.66. The van der Waals surface area contributed by atoms with Crippen molar-refractivity contribution in [1.82, 2.24) is 5.32 Å². The number of esters is 1. The van der Waals surface area contributed by atoms with Gasteiger partial charge in [-0.05, 0) is 37.3 Å². The Morgan fingerprint density at radius 1 is 1.38 bits per heavy atom. The van der Waals surface area contributed by atoms with E-state index in [1.165, 1.54) is 19.3 Å². The minimum Gasteiger partial charge on any atom is -0.467 e. The van der Waals surface area contributed by atoms with Crippen LogP contribution >= 0.6 is 0 Å². The van der Waals surface area contributed by atoms with Gasteiger partial charge in [-0.15, -0.1) is 0 Å². The van der Waals surface area contributed by atoms with Gasteiger partial charge in [-0.3, -0.25) is 4.79 Å². The van der Waals surface area contributed by atoms with E-state index in [0.29, 0.717) is 24.0 Å². The predicted octanol–water partition coefficient (Wildman–Crippen LogP) is 2.82. The summed E-state index contributed by atoms with van der Waals surface area (Å²) in [4.78, 5) is 23.9. The number of carbonyl (C=O) groups excluding carboxylic acids is 2. The number of ether oxygens (including phenoxy) is 1. The van der Waals surface area contributed by atoms with E-state index in [1.807, 2.05) is 13.8 Å². The number of amides is 1. The number of carbonyl (C=O) groups is 2. The molecule has 1 aliphatic carbocycles. The quantitative estimate of drug-likeness (QED) is 0.793. The molecule has 1 N–H and O–H groups in total. The number of nitrogens with one attached hydrogen (secondary N) is 1. The first kappa shape index (κ1) is 17.1. The summed E-state index contributed by atoms with van der Waals surface area (Å²) < 4.78 is 18.1. The fourth-order valence-corrected chi connectivity index (χ4v) is 1.98. The zero-order valence-corrected chi connectivity index (χ0v) is 12.9. The monoisotopic (exact) mass is 295 g/mol. The SMILES string of the molecule is COC(=O)C(CC(C)C)NC(=O)C1=CC=C(F)C(C)=CC1. The van der Waals surface area contributed by atoms with Crippen molar-refractivity contribution in [2.24, 2.45) is 5.92 Å². The largest absolute Gasteiger partial charge is 0.467 e. The van der Waals surface area contributed by atoms with Crippen LogP contribution < -0.4 is 5.32 Å². The van der Waals surface area contributed by atoms with Crippen molar-refractivity contribution in [3.05, 3.63) is 35.2 Å². The van der Waals surface area contributed by atoms with Crippen LogP contribution in [0.25, 0.3) is 0 Å². The number of allylic oxidation sites excluding steroid dienone is 5. The van der Waals surface area contributed by atoms with E-state index in [9.17, 15) is 14.0 Å². The van der Waals surface area contributed by atoms with Crippen LogP contribution in [0.1, 0.15) is 33.6 Å². The first-order chi connectivity index (χ1) is 9.85. The van der Waals surface area contributed by atoms with E-state index < -0.39 is 12.0 Å². The van der Waals surface area contributed by atoms with E-state index >= 15 is 0 Å². The first-order valence-corrected chi connectivity index (χ1v) is 6.97. The van der Waals surface area contributed by atoms with E-state index in [0.717, 1.165) is 0 Å². The lowest BCUT2D eigenvalue weighted by Gasteiger charge is -2.18. The molecule has 1 aliphatic rings. The lowest BCUT2D eigenvalue weighted by molar-refractivity contribution is -0.145. The Hall–Kier alpha value is -1.91. The van der Waals surface area contributed by atoms with Crippen molar-refractivity contribution < 1.29 is 18.7 Å². The van der Waals surface area contributed by atoms with E-state index in [1.54, 1.807) is 13.0 Å². The van der Waals surface area contributed by atoms with E-state index in [-0.39, 0.29) is 17.7 Å². The molecule has 0 aromatic rings. The minimum atomic E-state index is -0.689. The molecule has 21 heavy (non-hydrogen) atoms. The normalized spacial score (nSPS) is 16.4. The smallest absolute Gasteiger partial charge is 0.328 e. The zero-order chi connectivity index (χ0) is 16.0. The highest BCUT2D eigenvalue weighted by Crippen LogP contribution is 2.19. The summed E-state index contributed by atoms with van der Waals surface area (Å²) in [6, 6.07) is -0.689. The van der Waals surface area contributed by atoms with Crippen molar-refractivity contribution >= 4 is 11.9 Å².